The standard InChI is InChI=1S/C12H8N2O3/c15-12(11-6-3-7-16-11)17-14-10-5-2-1-4-9(10)8-13-14/h1-8H. The average molecular weight is 228 g/mol. The highest BCUT2D eigenvalue weighted by atomic mass is 16.7. The lowest BCUT2D eigenvalue weighted by Crippen LogP contribution is -2.20. The molecule has 0 bridgehead atoms. The number of fused-ring (bicyclic) bond motifs is 1. The van der Waals surface area contributed by atoms with Crippen LogP contribution in [0.5, 0.6) is 0 Å². The van der Waals surface area contributed by atoms with E-state index in [0.29, 0.717) is 0 Å². The topological polar surface area (TPSA) is 57.3 Å². The Kier molecular flexibility index (Phi) is 2.15. The summed E-state index contributed by atoms with van der Waals surface area (Å²) in [6.45, 7) is 0. The summed E-state index contributed by atoms with van der Waals surface area (Å²) in [5.41, 5.74) is 0.729. The Morgan fingerprint density at radius 3 is 2.94 bits per heavy atom. The molecule has 0 spiro atoms. The first kappa shape index (κ1) is 9.65. The van der Waals surface area contributed by atoms with Gasteiger partial charge < -0.3 is 9.25 Å². The minimum absolute atomic E-state index is 0.143. The van der Waals surface area contributed by atoms with Crippen LogP contribution in [0.2, 0.25) is 0 Å². The molecular weight excluding hydrogens is 220 g/mol. The summed E-state index contributed by atoms with van der Waals surface area (Å²) in [5, 5.41) is 4.88. The van der Waals surface area contributed by atoms with Gasteiger partial charge in [0.2, 0.25) is 5.76 Å². The van der Waals surface area contributed by atoms with Gasteiger partial charge in [-0.05, 0) is 18.2 Å². The Bertz CT molecular complexity index is 655. The molecule has 3 aromatic rings. The molecule has 5 nitrogen and oxygen atoms in total. The molecule has 0 radical (unpaired) electrons. The number of benzene rings is 1. The van der Waals surface area contributed by atoms with E-state index in [2.05, 4.69) is 5.10 Å². The van der Waals surface area contributed by atoms with Gasteiger partial charge in [-0.2, -0.15) is 0 Å². The van der Waals surface area contributed by atoms with Gasteiger partial charge in [0, 0.05) is 5.39 Å². The van der Waals surface area contributed by atoms with Crippen molar-refractivity contribution in [3.63, 3.8) is 0 Å². The normalized spacial score (nSPS) is 10.6. The maximum absolute atomic E-state index is 11.6. The van der Waals surface area contributed by atoms with Crippen molar-refractivity contribution in [3.05, 3.63) is 54.6 Å². The number of carbonyl (C=O) groups excluding carboxylic acids is 1. The van der Waals surface area contributed by atoms with Crippen molar-refractivity contribution in [1.29, 1.82) is 0 Å². The fraction of sp³-hybridized carbons (Fsp3) is 0. The second-order valence-electron chi connectivity index (χ2n) is 3.43. The number of nitrogens with zero attached hydrogens (tertiary/aromatic N) is 2. The molecule has 0 saturated carbocycles. The molecular formula is C12H8N2O3. The number of para-hydroxylation sites is 1. The van der Waals surface area contributed by atoms with Crippen LogP contribution in [0.15, 0.2) is 53.3 Å². The average Bonchev–Trinajstić information content (AvgIpc) is 2.98. The van der Waals surface area contributed by atoms with Gasteiger partial charge in [-0.1, -0.05) is 23.0 Å². The van der Waals surface area contributed by atoms with Crippen LogP contribution in [0.3, 0.4) is 0 Å². The largest absolute Gasteiger partial charge is 0.457 e. The van der Waals surface area contributed by atoms with Crippen LogP contribution < -0.4 is 4.84 Å². The molecule has 3 rings (SSSR count). The Balaban J connectivity index is 1.93. The third kappa shape index (κ3) is 1.67. The van der Waals surface area contributed by atoms with E-state index < -0.39 is 5.97 Å². The summed E-state index contributed by atoms with van der Waals surface area (Å²) in [6.07, 6.45) is 3.04. The molecule has 0 aliphatic heterocycles. The van der Waals surface area contributed by atoms with Crippen LogP contribution in [0.4, 0.5) is 0 Å². The zero-order chi connectivity index (χ0) is 11.7. The monoisotopic (exact) mass is 228 g/mol. The van der Waals surface area contributed by atoms with E-state index in [1.54, 1.807) is 12.3 Å². The van der Waals surface area contributed by atoms with E-state index in [9.17, 15) is 4.79 Å². The van der Waals surface area contributed by atoms with Crippen LogP contribution in [-0.2, 0) is 0 Å². The van der Waals surface area contributed by atoms with Gasteiger partial charge in [0.1, 0.15) is 5.52 Å². The third-order valence-corrected chi connectivity index (χ3v) is 2.34. The lowest BCUT2D eigenvalue weighted by Gasteiger charge is -2.01. The van der Waals surface area contributed by atoms with Crippen LogP contribution in [0, 0.1) is 0 Å². The Hall–Kier alpha value is -2.56. The van der Waals surface area contributed by atoms with E-state index in [1.807, 2.05) is 24.3 Å². The molecule has 84 valence electrons. The Labute approximate surface area is 96.2 Å². The Morgan fingerprint density at radius 1 is 1.24 bits per heavy atom. The van der Waals surface area contributed by atoms with E-state index in [0.717, 1.165) is 10.9 Å². The van der Waals surface area contributed by atoms with Gasteiger partial charge in [0.05, 0.1) is 12.5 Å². The minimum Gasteiger partial charge on any atom is -0.457 e. The molecule has 0 aliphatic rings. The van der Waals surface area contributed by atoms with Crippen molar-refractivity contribution in [2.45, 2.75) is 0 Å². The van der Waals surface area contributed by atoms with Crippen molar-refractivity contribution in [2.24, 2.45) is 0 Å². The molecule has 2 heterocycles. The van der Waals surface area contributed by atoms with Gasteiger partial charge >= 0.3 is 5.97 Å². The summed E-state index contributed by atoms with van der Waals surface area (Å²) in [7, 11) is 0. The molecule has 1 aromatic carbocycles. The van der Waals surface area contributed by atoms with Gasteiger partial charge in [-0.3, -0.25) is 0 Å². The van der Waals surface area contributed by atoms with Gasteiger partial charge in [-0.25, -0.2) is 4.79 Å². The highest BCUT2D eigenvalue weighted by Gasteiger charge is 2.13. The fourth-order valence-corrected chi connectivity index (χ4v) is 1.54. The second-order valence-corrected chi connectivity index (χ2v) is 3.43. The van der Waals surface area contributed by atoms with E-state index in [4.69, 9.17) is 9.25 Å². The molecule has 0 amide bonds. The quantitative estimate of drug-likeness (QED) is 0.672. The second kappa shape index (κ2) is 3.79. The molecule has 0 fully saturated rings. The minimum atomic E-state index is -0.580. The molecule has 0 aliphatic carbocycles. The number of hydrogen-bond acceptors (Lipinski definition) is 4. The zero-order valence-electron chi connectivity index (χ0n) is 8.74. The van der Waals surface area contributed by atoms with Crippen LogP contribution in [-0.4, -0.2) is 15.9 Å². The smallest absolute Gasteiger partial charge is 0.400 e. The molecule has 0 N–H and O–H groups in total. The SMILES string of the molecule is O=C(On1ncc2ccccc21)c1ccco1. The van der Waals surface area contributed by atoms with E-state index in [1.165, 1.54) is 17.2 Å². The number of carbonyl (C=O) groups is 1. The highest BCUT2D eigenvalue weighted by Crippen LogP contribution is 2.11. The predicted molar refractivity (Wildman–Crippen MR) is 59.4 cm³/mol. The maximum Gasteiger partial charge on any atom is 0.400 e. The number of hydrogen-bond donors (Lipinski definition) is 0. The fourth-order valence-electron chi connectivity index (χ4n) is 1.54. The molecule has 0 saturated heterocycles. The summed E-state index contributed by atoms with van der Waals surface area (Å²) in [4.78, 5) is 17.9. The first-order chi connectivity index (χ1) is 8.34. The molecule has 0 atom stereocenters. The van der Waals surface area contributed by atoms with Crippen molar-refractivity contribution < 1.29 is 14.0 Å². The summed E-state index contributed by atoms with van der Waals surface area (Å²) >= 11 is 0. The highest BCUT2D eigenvalue weighted by molar-refractivity contribution is 5.87. The molecule has 5 heteroatoms. The number of furan rings is 1. The van der Waals surface area contributed by atoms with Gasteiger partial charge in [0.25, 0.3) is 0 Å². The predicted octanol–water partition coefficient (Wildman–Crippen LogP) is 1.90. The van der Waals surface area contributed by atoms with E-state index in [-0.39, 0.29) is 5.76 Å². The lowest BCUT2D eigenvalue weighted by atomic mass is 10.3. The van der Waals surface area contributed by atoms with Crippen LogP contribution in [0.1, 0.15) is 10.6 Å². The van der Waals surface area contributed by atoms with Crippen LogP contribution in [0.25, 0.3) is 10.9 Å². The van der Waals surface area contributed by atoms with Crippen LogP contribution >= 0.6 is 0 Å². The van der Waals surface area contributed by atoms with Crippen molar-refractivity contribution >= 4 is 16.9 Å². The third-order valence-electron chi connectivity index (χ3n) is 2.34. The zero-order valence-corrected chi connectivity index (χ0v) is 8.74. The summed E-state index contributed by atoms with van der Waals surface area (Å²) in [5.74, 6) is -0.437. The maximum atomic E-state index is 11.6. The van der Waals surface area contributed by atoms with E-state index >= 15 is 0 Å². The molecule has 0 unspecified atom stereocenters. The Morgan fingerprint density at radius 2 is 2.12 bits per heavy atom. The number of aromatic nitrogens is 2. The summed E-state index contributed by atoms with van der Waals surface area (Å²) < 4.78 is 4.94. The number of rotatable bonds is 2. The first-order valence-corrected chi connectivity index (χ1v) is 5.03. The first-order valence-electron chi connectivity index (χ1n) is 5.03. The van der Waals surface area contributed by atoms with Gasteiger partial charge in [0.15, 0.2) is 0 Å². The lowest BCUT2D eigenvalue weighted by molar-refractivity contribution is 0.0384. The molecule has 17 heavy (non-hydrogen) atoms. The van der Waals surface area contributed by atoms with Crippen molar-refractivity contribution in [1.82, 2.24) is 9.94 Å². The molecule has 2 aromatic heterocycles. The van der Waals surface area contributed by atoms with Crippen molar-refractivity contribution in [2.75, 3.05) is 0 Å². The van der Waals surface area contributed by atoms with Gasteiger partial charge in [-0.15, -0.1) is 5.10 Å². The summed E-state index contributed by atoms with van der Waals surface area (Å²) in [6, 6.07) is 10.6. The van der Waals surface area contributed by atoms with Crippen molar-refractivity contribution in [3.8, 4) is 0 Å².